The predicted octanol–water partition coefficient (Wildman–Crippen LogP) is 1.61. The average Bonchev–Trinajstić information content (AvgIpc) is 2.90. The minimum Gasteiger partial charge on any atom is -0.350 e. The standard InChI is InChI=1S/C15H24N4O/c1-10-2-4-11(5-3-10)8-17-15(20)14-12-9-16-7-6-13(12)18-19-14/h10-11,16H,2-9H2,1H3,(H,17,20)(H,18,19). The first-order valence-electron chi connectivity index (χ1n) is 7.79. The number of aromatic nitrogens is 2. The van der Waals surface area contributed by atoms with Crippen molar-refractivity contribution >= 4 is 5.91 Å². The quantitative estimate of drug-likeness (QED) is 0.785. The highest BCUT2D eigenvalue weighted by molar-refractivity contribution is 5.94. The van der Waals surface area contributed by atoms with Crippen LogP contribution in [0.5, 0.6) is 0 Å². The summed E-state index contributed by atoms with van der Waals surface area (Å²) in [4.78, 5) is 12.3. The molecule has 1 aromatic heterocycles. The Morgan fingerprint density at radius 3 is 2.95 bits per heavy atom. The van der Waals surface area contributed by atoms with E-state index in [0.717, 1.165) is 43.2 Å². The molecular weight excluding hydrogens is 252 g/mol. The number of carbonyl (C=O) groups is 1. The minimum absolute atomic E-state index is 0.0233. The van der Waals surface area contributed by atoms with E-state index in [1.165, 1.54) is 25.7 Å². The molecule has 1 fully saturated rings. The molecule has 0 radical (unpaired) electrons. The molecule has 3 rings (SSSR count). The Hall–Kier alpha value is -1.36. The van der Waals surface area contributed by atoms with Gasteiger partial charge in [-0.2, -0.15) is 5.10 Å². The van der Waals surface area contributed by atoms with Gasteiger partial charge in [0.25, 0.3) is 5.91 Å². The molecule has 20 heavy (non-hydrogen) atoms. The molecule has 2 aliphatic rings. The van der Waals surface area contributed by atoms with Gasteiger partial charge < -0.3 is 10.6 Å². The van der Waals surface area contributed by atoms with Crippen molar-refractivity contribution < 1.29 is 4.79 Å². The summed E-state index contributed by atoms with van der Waals surface area (Å²) in [7, 11) is 0. The molecule has 1 aliphatic heterocycles. The number of carbonyl (C=O) groups excluding carboxylic acids is 1. The van der Waals surface area contributed by atoms with Crippen LogP contribution in [0.25, 0.3) is 0 Å². The first-order valence-corrected chi connectivity index (χ1v) is 7.79. The topological polar surface area (TPSA) is 69.8 Å². The van der Waals surface area contributed by atoms with Crippen LogP contribution >= 0.6 is 0 Å². The lowest BCUT2D eigenvalue weighted by atomic mass is 9.83. The highest BCUT2D eigenvalue weighted by Crippen LogP contribution is 2.27. The Morgan fingerprint density at radius 2 is 2.15 bits per heavy atom. The molecule has 1 amide bonds. The molecule has 2 heterocycles. The highest BCUT2D eigenvalue weighted by atomic mass is 16.1. The molecule has 0 bridgehead atoms. The molecule has 1 saturated carbocycles. The second kappa shape index (κ2) is 5.95. The Bertz CT molecular complexity index is 474. The van der Waals surface area contributed by atoms with Gasteiger partial charge in [0.2, 0.25) is 0 Å². The normalized spacial score (nSPS) is 26.1. The van der Waals surface area contributed by atoms with E-state index in [-0.39, 0.29) is 5.91 Å². The van der Waals surface area contributed by atoms with Gasteiger partial charge in [-0.05, 0) is 24.7 Å². The summed E-state index contributed by atoms with van der Waals surface area (Å²) in [6.07, 6.45) is 5.99. The van der Waals surface area contributed by atoms with E-state index in [4.69, 9.17) is 0 Å². The number of aromatic amines is 1. The van der Waals surface area contributed by atoms with Gasteiger partial charge in [0.1, 0.15) is 0 Å². The summed E-state index contributed by atoms with van der Waals surface area (Å²) in [5.74, 6) is 1.47. The average molecular weight is 276 g/mol. The molecule has 1 aromatic rings. The lowest BCUT2D eigenvalue weighted by Gasteiger charge is -2.26. The molecule has 110 valence electrons. The molecule has 1 aliphatic carbocycles. The van der Waals surface area contributed by atoms with Crippen LogP contribution in [0, 0.1) is 11.8 Å². The Labute approximate surface area is 119 Å². The van der Waals surface area contributed by atoms with Crippen LogP contribution in [0.4, 0.5) is 0 Å². The maximum atomic E-state index is 12.3. The first-order chi connectivity index (χ1) is 9.74. The number of amides is 1. The summed E-state index contributed by atoms with van der Waals surface area (Å²) in [6, 6.07) is 0. The first kappa shape index (κ1) is 13.6. The Morgan fingerprint density at radius 1 is 1.35 bits per heavy atom. The van der Waals surface area contributed by atoms with Gasteiger partial charge in [-0.3, -0.25) is 9.89 Å². The molecule has 0 saturated heterocycles. The zero-order chi connectivity index (χ0) is 13.9. The van der Waals surface area contributed by atoms with Crippen molar-refractivity contribution in [1.82, 2.24) is 20.8 Å². The van der Waals surface area contributed by atoms with Gasteiger partial charge in [-0.25, -0.2) is 0 Å². The Balaban J connectivity index is 1.55. The van der Waals surface area contributed by atoms with Crippen LogP contribution in [0.15, 0.2) is 0 Å². The van der Waals surface area contributed by atoms with Gasteiger partial charge in [0.15, 0.2) is 5.69 Å². The number of H-pyrrole nitrogens is 1. The van der Waals surface area contributed by atoms with E-state index in [1.54, 1.807) is 0 Å². The molecule has 5 nitrogen and oxygen atoms in total. The second-order valence-corrected chi connectivity index (χ2v) is 6.29. The Kier molecular flexibility index (Phi) is 4.05. The molecular formula is C15H24N4O. The largest absolute Gasteiger partial charge is 0.350 e. The number of hydrogen-bond acceptors (Lipinski definition) is 3. The van der Waals surface area contributed by atoms with E-state index in [1.807, 2.05) is 0 Å². The molecule has 0 unspecified atom stereocenters. The number of rotatable bonds is 3. The summed E-state index contributed by atoms with van der Waals surface area (Å²) < 4.78 is 0. The van der Waals surface area contributed by atoms with Gasteiger partial charge in [-0.1, -0.05) is 19.8 Å². The summed E-state index contributed by atoms with van der Waals surface area (Å²) in [6.45, 7) is 4.81. The van der Waals surface area contributed by atoms with Crippen molar-refractivity contribution in [3.05, 3.63) is 17.0 Å². The van der Waals surface area contributed by atoms with Crippen molar-refractivity contribution in [3.8, 4) is 0 Å². The van der Waals surface area contributed by atoms with Crippen molar-refractivity contribution in [1.29, 1.82) is 0 Å². The third-order valence-electron chi connectivity index (χ3n) is 4.71. The van der Waals surface area contributed by atoms with Gasteiger partial charge >= 0.3 is 0 Å². The fraction of sp³-hybridized carbons (Fsp3) is 0.733. The van der Waals surface area contributed by atoms with E-state index in [9.17, 15) is 4.79 Å². The van der Waals surface area contributed by atoms with E-state index in [0.29, 0.717) is 11.6 Å². The van der Waals surface area contributed by atoms with Gasteiger partial charge in [0, 0.05) is 37.3 Å². The fourth-order valence-corrected chi connectivity index (χ4v) is 3.27. The third-order valence-corrected chi connectivity index (χ3v) is 4.71. The van der Waals surface area contributed by atoms with Crippen LogP contribution in [-0.4, -0.2) is 29.2 Å². The lowest BCUT2D eigenvalue weighted by Crippen LogP contribution is -2.33. The van der Waals surface area contributed by atoms with Crippen molar-refractivity contribution in [2.24, 2.45) is 11.8 Å². The number of hydrogen-bond donors (Lipinski definition) is 3. The van der Waals surface area contributed by atoms with Crippen LogP contribution in [0.2, 0.25) is 0 Å². The number of fused-ring (bicyclic) bond motifs is 1. The van der Waals surface area contributed by atoms with Crippen LogP contribution in [0.1, 0.15) is 54.4 Å². The molecule has 3 N–H and O–H groups in total. The number of nitrogens with zero attached hydrogens (tertiary/aromatic N) is 1. The van der Waals surface area contributed by atoms with Crippen molar-refractivity contribution in [2.75, 3.05) is 13.1 Å². The zero-order valence-corrected chi connectivity index (χ0v) is 12.2. The maximum Gasteiger partial charge on any atom is 0.272 e. The van der Waals surface area contributed by atoms with E-state index < -0.39 is 0 Å². The minimum atomic E-state index is -0.0233. The molecule has 0 aromatic carbocycles. The maximum absolute atomic E-state index is 12.3. The fourth-order valence-electron chi connectivity index (χ4n) is 3.27. The van der Waals surface area contributed by atoms with Gasteiger partial charge in [0.05, 0.1) is 0 Å². The van der Waals surface area contributed by atoms with E-state index in [2.05, 4.69) is 27.8 Å². The molecule has 0 spiro atoms. The lowest BCUT2D eigenvalue weighted by molar-refractivity contribution is 0.0935. The third kappa shape index (κ3) is 2.87. The van der Waals surface area contributed by atoms with Crippen LogP contribution in [-0.2, 0) is 13.0 Å². The van der Waals surface area contributed by atoms with Crippen molar-refractivity contribution in [3.63, 3.8) is 0 Å². The summed E-state index contributed by atoms with van der Waals surface area (Å²) in [5, 5.41) is 13.6. The van der Waals surface area contributed by atoms with Crippen LogP contribution < -0.4 is 10.6 Å². The second-order valence-electron chi connectivity index (χ2n) is 6.29. The van der Waals surface area contributed by atoms with Gasteiger partial charge in [-0.15, -0.1) is 0 Å². The number of nitrogens with one attached hydrogen (secondary N) is 3. The zero-order valence-electron chi connectivity index (χ0n) is 12.2. The molecule has 0 atom stereocenters. The molecule has 5 heteroatoms. The van der Waals surface area contributed by atoms with Crippen LogP contribution in [0.3, 0.4) is 0 Å². The summed E-state index contributed by atoms with van der Waals surface area (Å²) >= 11 is 0. The monoisotopic (exact) mass is 276 g/mol. The highest BCUT2D eigenvalue weighted by Gasteiger charge is 2.23. The SMILES string of the molecule is CC1CCC(CNC(=O)c2n[nH]c3c2CNCC3)CC1. The van der Waals surface area contributed by atoms with E-state index >= 15 is 0 Å². The summed E-state index contributed by atoms with van der Waals surface area (Å²) in [5.41, 5.74) is 2.74. The van der Waals surface area contributed by atoms with Crippen molar-refractivity contribution in [2.45, 2.75) is 45.6 Å². The predicted molar refractivity (Wildman–Crippen MR) is 77.5 cm³/mol. The smallest absolute Gasteiger partial charge is 0.272 e.